The highest BCUT2D eigenvalue weighted by Gasteiger charge is 2.43. The van der Waals surface area contributed by atoms with Gasteiger partial charge in [-0.15, -0.1) is 0 Å². The molecule has 0 bridgehead atoms. The molecule has 1 fully saturated rings. The van der Waals surface area contributed by atoms with Gasteiger partial charge in [0, 0.05) is 30.5 Å². The number of carbonyl (C=O) groups excluding carboxylic acids is 1. The SMILES string of the molecule is CSC(=O)S[C@H]1C[C@H](n2cc(C)c(=O)n(C)c2=O)O[C@@H]1COC(c1ccccc1)(c1ccccc1)c1ccccc1. The largest absolute Gasteiger partial charge is 0.358 e. The molecule has 1 saturated heterocycles. The van der Waals surface area contributed by atoms with Crippen LogP contribution in [0, 0.1) is 6.92 Å². The lowest BCUT2D eigenvalue weighted by Gasteiger charge is -2.37. The second-order valence-electron chi connectivity index (χ2n) is 9.93. The molecule has 1 aromatic heterocycles. The monoisotopic (exact) mass is 588 g/mol. The van der Waals surface area contributed by atoms with Crippen LogP contribution in [0.5, 0.6) is 0 Å². The van der Waals surface area contributed by atoms with Crippen LogP contribution < -0.4 is 11.2 Å². The van der Waals surface area contributed by atoms with E-state index in [0.29, 0.717) is 12.0 Å². The van der Waals surface area contributed by atoms with Crippen molar-refractivity contribution in [3.63, 3.8) is 0 Å². The Morgan fingerprint density at radius 1 is 0.927 bits per heavy atom. The van der Waals surface area contributed by atoms with Crippen molar-refractivity contribution >= 4 is 28.0 Å². The van der Waals surface area contributed by atoms with Crippen molar-refractivity contribution in [1.29, 1.82) is 0 Å². The average molecular weight is 589 g/mol. The number of nitrogens with zero attached hydrogens (tertiary/aromatic N) is 2. The molecule has 212 valence electrons. The third kappa shape index (κ3) is 5.85. The van der Waals surface area contributed by atoms with E-state index in [1.807, 2.05) is 54.6 Å². The zero-order valence-corrected chi connectivity index (χ0v) is 24.8. The molecule has 5 rings (SSSR count). The highest BCUT2D eigenvalue weighted by atomic mass is 32.2. The van der Waals surface area contributed by atoms with E-state index in [2.05, 4.69) is 36.4 Å². The van der Waals surface area contributed by atoms with E-state index in [4.69, 9.17) is 9.47 Å². The Kier molecular flexibility index (Phi) is 8.99. The first-order valence-electron chi connectivity index (χ1n) is 13.3. The van der Waals surface area contributed by atoms with Crippen molar-refractivity contribution in [2.75, 3.05) is 12.9 Å². The molecule has 0 radical (unpaired) electrons. The minimum absolute atomic E-state index is 0.0336. The van der Waals surface area contributed by atoms with E-state index in [9.17, 15) is 14.4 Å². The second kappa shape index (κ2) is 12.7. The van der Waals surface area contributed by atoms with Crippen LogP contribution in [-0.2, 0) is 22.1 Å². The first-order valence-corrected chi connectivity index (χ1v) is 15.4. The lowest BCUT2D eigenvalue weighted by atomic mass is 9.80. The Balaban J connectivity index is 1.55. The lowest BCUT2D eigenvalue weighted by molar-refractivity contribution is -0.0767. The summed E-state index contributed by atoms with van der Waals surface area (Å²) in [4.78, 5) is 37.9. The number of aryl methyl sites for hydroxylation is 1. The van der Waals surface area contributed by atoms with Gasteiger partial charge in [-0.1, -0.05) is 115 Å². The summed E-state index contributed by atoms with van der Waals surface area (Å²) in [7, 11) is 1.46. The second-order valence-corrected chi connectivity index (χ2v) is 12.2. The molecule has 0 amide bonds. The first-order chi connectivity index (χ1) is 19.8. The van der Waals surface area contributed by atoms with E-state index in [-0.39, 0.29) is 21.9 Å². The van der Waals surface area contributed by atoms with E-state index < -0.39 is 23.6 Å². The van der Waals surface area contributed by atoms with Crippen LogP contribution in [0.15, 0.2) is 107 Å². The van der Waals surface area contributed by atoms with Gasteiger partial charge in [-0.25, -0.2) is 4.79 Å². The number of rotatable bonds is 8. The summed E-state index contributed by atoms with van der Waals surface area (Å²) in [6.45, 7) is 1.83. The average Bonchev–Trinajstić information content (AvgIpc) is 3.41. The molecule has 1 aliphatic rings. The summed E-state index contributed by atoms with van der Waals surface area (Å²) in [6, 6.07) is 30.2. The van der Waals surface area contributed by atoms with E-state index in [1.165, 1.54) is 23.4 Å². The number of ether oxygens (including phenoxy) is 2. The van der Waals surface area contributed by atoms with Gasteiger partial charge in [0.05, 0.1) is 12.7 Å². The maximum atomic E-state index is 13.0. The lowest BCUT2D eigenvalue weighted by Crippen LogP contribution is -2.40. The fourth-order valence-corrected chi connectivity index (χ4v) is 6.90. The van der Waals surface area contributed by atoms with Crippen LogP contribution in [0.25, 0.3) is 0 Å². The van der Waals surface area contributed by atoms with Crippen LogP contribution in [0.1, 0.15) is 34.9 Å². The number of hydrogen-bond acceptors (Lipinski definition) is 7. The third-order valence-electron chi connectivity index (χ3n) is 7.39. The maximum absolute atomic E-state index is 13.0. The van der Waals surface area contributed by atoms with Crippen molar-refractivity contribution in [2.45, 2.75) is 36.5 Å². The van der Waals surface area contributed by atoms with Gasteiger partial charge in [-0.2, -0.15) is 0 Å². The van der Waals surface area contributed by atoms with Gasteiger partial charge in [-0.3, -0.25) is 18.7 Å². The van der Waals surface area contributed by atoms with Crippen LogP contribution in [0.2, 0.25) is 0 Å². The first kappa shape index (κ1) is 29.1. The third-order valence-corrected chi connectivity index (χ3v) is 9.51. The van der Waals surface area contributed by atoms with E-state index in [1.54, 1.807) is 19.4 Å². The maximum Gasteiger partial charge on any atom is 0.332 e. The predicted molar refractivity (Wildman–Crippen MR) is 165 cm³/mol. The van der Waals surface area contributed by atoms with Gasteiger partial charge in [0.1, 0.15) is 11.8 Å². The zero-order valence-electron chi connectivity index (χ0n) is 23.1. The molecular formula is C32H32N2O5S2. The number of aromatic nitrogens is 2. The molecule has 3 atom stereocenters. The Bertz CT molecular complexity index is 1510. The highest BCUT2D eigenvalue weighted by Crippen LogP contribution is 2.43. The van der Waals surface area contributed by atoms with Gasteiger partial charge in [0.2, 0.25) is 4.45 Å². The summed E-state index contributed by atoms with van der Waals surface area (Å²) >= 11 is 2.35. The standard InChI is InChI=1S/C32H32N2O5S2/c1-22-20-34(30(36)33(2)29(22)35)28-19-27(41-31(37)40-3)26(39-28)21-38-32(23-13-7-4-8-14-23,24-15-9-5-10-16-24)25-17-11-6-12-18-25/h4-18,20,26-28H,19,21H2,1-3H3/t26-,27+,28-/m1/s1. The van der Waals surface area contributed by atoms with Gasteiger partial charge in [0.25, 0.3) is 5.56 Å². The van der Waals surface area contributed by atoms with Gasteiger partial charge >= 0.3 is 5.69 Å². The topological polar surface area (TPSA) is 79.5 Å². The molecule has 4 aromatic rings. The quantitative estimate of drug-likeness (QED) is 0.243. The number of carbonyl (C=O) groups is 1. The van der Waals surface area contributed by atoms with Crippen LogP contribution in [-0.4, -0.2) is 37.8 Å². The molecule has 9 heteroatoms. The summed E-state index contributed by atoms with van der Waals surface area (Å²) in [5.41, 5.74) is 1.57. The molecule has 1 aliphatic heterocycles. The molecule has 41 heavy (non-hydrogen) atoms. The molecule has 0 aliphatic carbocycles. The van der Waals surface area contributed by atoms with Crippen LogP contribution in [0.3, 0.4) is 0 Å². The molecule has 7 nitrogen and oxygen atoms in total. The molecule has 0 unspecified atom stereocenters. The normalized spacial score (nSPS) is 18.9. The van der Waals surface area contributed by atoms with Gasteiger partial charge in [-0.05, 0) is 29.9 Å². The van der Waals surface area contributed by atoms with Gasteiger partial charge in [0.15, 0.2) is 0 Å². The Labute approximate surface area is 247 Å². The number of hydrogen-bond donors (Lipinski definition) is 0. The van der Waals surface area contributed by atoms with Crippen molar-refractivity contribution in [3.8, 4) is 0 Å². The molecule has 0 N–H and O–H groups in total. The van der Waals surface area contributed by atoms with E-state index >= 15 is 0 Å². The number of thioether (sulfide) groups is 2. The Hall–Kier alpha value is -3.37. The summed E-state index contributed by atoms with van der Waals surface area (Å²) in [6.07, 6.45) is 2.56. The summed E-state index contributed by atoms with van der Waals surface area (Å²) in [5.74, 6) is 0. The molecule has 0 spiro atoms. The summed E-state index contributed by atoms with van der Waals surface area (Å²) in [5, 5.41) is -0.260. The number of benzene rings is 3. The van der Waals surface area contributed by atoms with Crippen molar-refractivity contribution in [3.05, 3.63) is 140 Å². The van der Waals surface area contributed by atoms with Crippen molar-refractivity contribution in [2.24, 2.45) is 7.05 Å². The minimum atomic E-state index is -0.950. The molecular weight excluding hydrogens is 556 g/mol. The van der Waals surface area contributed by atoms with Gasteiger partial charge < -0.3 is 9.47 Å². The Morgan fingerprint density at radius 3 is 1.93 bits per heavy atom. The smallest absolute Gasteiger partial charge is 0.332 e. The molecule has 2 heterocycles. The zero-order chi connectivity index (χ0) is 29.0. The van der Waals surface area contributed by atoms with Crippen LogP contribution >= 0.6 is 23.5 Å². The minimum Gasteiger partial charge on any atom is -0.358 e. The predicted octanol–water partition coefficient (Wildman–Crippen LogP) is 5.74. The highest BCUT2D eigenvalue weighted by molar-refractivity contribution is 8.38. The summed E-state index contributed by atoms with van der Waals surface area (Å²) < 4.78 is 16.0. The Morgan fingerprint density at radius 2 is 1.44 bits per heavy atom. The fraction of sp³-hybridized carbons (Fsp3) is 0.281. The van der Waals surface area contributed by atoms with Crippen molar-refractivity contribution < 1.29 is 14.3 Å². The molecule has 0 saturated carbocycles. The van der Waals surface area contributed by atoms with E-state index in [0.717, 1.165) is 33.0 Å². The van der Waals surface area contributed by atoms with Crippen molar-refractivity contribution in [1.82, 2.24) is 9.13 Å². The fourth-order valence-electron chi connectivity index (χ4n) is 5.34. The van der Waals surface area contributed by atoms with Crippen LogP contribution in [0.4, 0.5) is 4.79 Å². The molecule has 3 aromatic carbocycles.